The monoisotopic (exact) mass is 255 g/mol. The Morgan fingerprint density at radius 2 is 1.88 bits per heavy atom. The van der Waals surface area contributed by atoms with Gasteiger partial charge in [0.15, 0.2) is 0 Å². The average molecular weight is 256 g/mol. The second-order valence-corrected chi connectivity index (χ2v) is 6.04. The lowest BCUT2D eigenvalue weighted by atomic mass is 9.99. The molecule has 2 atom stereocenters. The molecule has 0 aromatic heterocycles. The third kappa shape index (κ3) is 4.30. The second kappa shape index (κ2) is 5.38. The number of benzene rings is 1. The van der Waals surface area contributed by atoms with E-state index in [1.165, 1.54) is 0 Å². The Kier molecular flexibility index (Phi) is 4.59. The maximum absolute atomic E-state index is 10.3. The van der Waals surface area contributed by atoms with Crippen LogP contribution < -0.4 is 5.32 Å². The summed E-state index contributed by atoms with van der Waals surface area (Å²) in [6.45, 7) is 10.2. The molecule has 0 saturated heterocycles. The SMILES string of the molecule is Cc1cc(C(O)C(C)NC(C)(C)C)ccc1Cl. The minimum atomic E-state index is -0.523. The molecule has 1 aromatic carbocycles. The van der Waals surface area contributed by atoms with Crippen LogP contribution in [0.2, 0.25) is 5.02 Å². The topological polar surface area (TPSA) is 32.3 Å². The van der Waals surface area contributed by atoms with E-state index in [9.17, 15) is 5.11 Å². The van der Waals surface area contributed by atoms with E-state index in [0.29, 0.717) is 0 Å². The number of halogens is 1. The molecule has 2 nitrogen and oxygen atoms in total. The molecular weight excluding hydrogens is 234 g/mol. The first kappa shape index (κ1) is 14.5. The molecule has 2 unspecified atom stereocenters. The summed E-state index contributed by atoms with van der Waals surface area (Å²) < 4.78 is 0. The molecule has 0 radical (unpaired) electrons. The zero-order chi connectivity index (χ0) is 13.2. The molecule has 0 aliphatic carbocycles. The smallest absolute Gasteiger partial charge is 0.0940 e. The lowest BCUT2D eigenvalue weighted by Crippen LogP contribution is -2.44. The fourth-order valence-corrected chi connectivity index (χ4v) is 2.02. The van der Waals surface area contributed by atoms with Gasteiger partial charge in [0.05, 0.1) is 6.10 Å². The van der Waals surface area contributed by atoms with E-state index in [0.717, 1.165) is 16.1 Å². The number of aliphatic hydroxyl groups is 1. The molecule has 0 aliphatic heterocycles. The number of hydrogen-bond acceptors (Lipinski definition) is 2. The van der Waals surface area contributed by atoms with Crippen molar-refractivity contribution in [3.63, 3.8) is 0 Å². The lowest BCUT2D eigenvalue weighted by Gasteiger charge is -2.29. The summed E-state index contributed by atoms with van der Waals surface area (Å²) in [5.41, 5.74) is 1.88. The van der Waals surface area contributed by atoms with Crippen molar-refractivity contribution in [2.75, 3.05) is 0 Å². The molecule has 96 valence electrons. The summed E-state index contributed by atoms with van der Waals surface area (Å²) in [6, 6.07) is 5.64. The second-order valence-electron chi connectivity index (χ2n) is 5.64. The van der Waals surface area contributed by atoms with Crippen LogP contribution in [0, 0.1) is 6.92 Å². The van der Waals surface area contributed by atoms with Crippen molar-refractivity contribution in [3.05, 3.63) is 34.3 Å². The number of nitrogens with one attached hydrogen (secondary N) is 1. The van der Waals surface area contributed by atoms with Crippen molar-refractivity contribution < 1.29 is 5.11 Å². The van der Waals surface area contributed by atoms with E-state index in [2.05, 4.69) is 26.1 Å². The van der Waals surface area contributed by atoms with Gasteiger partial charge < -0.3 is 10.4 Å². The Bertz CT molecular complexity index is 384. The van der Waals surface area contributed by atoms with Crippen LogP contribution in [0.3, 0.4) is 0 Å². The molecule has 1 rings (SSSR count). The van der Waals surface area contributed by atoms with Gasteiger partial charge in [-0.05, 0) is 51.8 Å². The highest BCUT2D eigenvalue weighted by atomic mass is 35.5. The van der Waals surface area contributed by atoms with Crippen molar-refractivity contribution in [1.29, 1.82) is 0 Å². The maximum atomic E-state index is 10.3. The minimum Gasteiger partial charge on any atom is -0.387 e. The van der Waals surface area contributed by atoms with Crippen LogP contribution in [-0.4, -0.2) is 16.7 Å². The summed E-state index contributed by atoms with van der Waals surface area (Å²) in [4.78, 5) is 0. The zero-order valence-electron chi connectivity index (χ0n) is 11.2. The molecular formula is C14H22ClNO. The quantitative estimate of drug-likeness (QED) is 0.867. The van der Waals surface area contributed by atoms with E-state index in [1.54, 1.807) is 0 Å². The summed E-state index contributed by atoms with van der Waals surface area (Å²) >= 11 is 5.97. The van der Waals surface area contributed by atoms with Gasteiger partial charge >= 0.3 is 0 Å². The lowest BCUT2D eigenvalue weighted by molar-refractivity contribution is 0.121. The Balaban J connectivity index is 2.81. The van der Waals surface area contributed by atoms with Crippen LogP contribution in [0.4, 0.5) is 0 Å². The summed E-state index contributed by atoms with van der Waals surface area (Å²) in [5.74, 6) is 0. The van der Waals surface area contributed by atoms with Crippen LogP contribution in [0.5, 0.6) is 0 Å². The molecule has 0 amide bonds. The van der Waals surface area contributed by atoms with Gasteiger partial charge in [-0.15, -0.1) is 0 Å². The molecule has 0 bridgehead atoms. The molecule has 1 aromatic rings. The number of rotatable bonds is 3. The van der Waals surface area contributed by atoms with Crippen molar-refractivity contribution >= 4 is 11.6 Å². The van der Waals surface area contributed by atoms with Gasteiger partial charge in [-0.3, -0.25) is 0 Å². The van der Waals surface area contributed by atoms with Crippen LogP contribution >= 0.6 is 11.6 Å². The largest absolute Gasteiger partial charge is 0.387 e. The van der Waals surface area contributed by atoms with E-state index < -0.39 is 6.10 Å². The van der Waals surface area contributed by atoms with Crippen molar-refractivity contribution in [2.24, 2.45) is 0 Å². The van der Waals surface area contributed by atoms with Gasteiger partial charge in [-0.2, -0.15) is 0 Å². The Hall–Kier alpha value is -0.570. The van der Waals surface area contributed by atoms with Gasteiger partial charge in [0, 0.05) is 16.6 Å². The van der Waals surface area contributed by atoms with Crippen LogP contribution in [0.1, 0.15) is 44.9 Å². The zero-order valence-corrected chi connectivity index (χ0v) is 12.0. The van der Waals surface area contributed by atoms with E-state index in [4.69, 9.17) is 11.6 Å². The van der Waals surface area contributed by atoms with E-state index in [1.807, 2.05) is 32.0 Å². The third-order valence-electron chi connectivity index (χ3n) is 2.66. The molecule has 17 heavy (non-hydrogen) atoms. The summed E-state index contributed by atoms with van der Waals surface area (Å²) in [6.07, 6.45) is -0.523. The van der Waals surface area contributed by atoms with Gasteiger partial charge in [0.1, 0.15) is 0 Å². The van der Waals surface area contributed by atoms with Gasteiger partial charge in [0.2, 0.25) is 0 Å². The standard InChI is InChI=1S/C14H22ClNO/c1-9-8-11(6-7-12(9)15)13(17)10(2)16-14(3,4)5/h6-8,10,13,16-17H,1-5H3. The fourth-order valence-electron chi connectivity index (χ4n) is 1.90. The highest BCUT2D eigenvalue weighted by Gasteiger charge is 2.21. The molecule has 0 fully saturated rings. The average Bonchev–Trinajstić information content (AvgIpc) is 2.18. The minimum absolute atomic E-state index is 0.00410. The molecule has 0 saturated carbocycles. The maximum Gasteiger partial charge on any atom is 0.0940 e. The molecule has 0 spiro atoms. The first-order chi connectivity index (χ1) is 7.70. The first-order valence-electron chi connectivity index (χ1n) is 5.92. The van der Waals surface area contributed by atoms with Crippen LogP contribution in [0.25, 0.3) is 0 Å². The molecule has 0 heterocycles. The number of hydrogen-bond donors (Lipinski definition) is 2. The van der Waals surface area contributed by atoms with Crippen molar-refractivity contribution in [1.82, 2.24) is 5.32 Å². The molecule has 0 aliphatic rings. The van der Waals surface area contributed by atoms with Crippen LogP contribution in [-0.2, 0) is 0 Å². The third-order valence-corrected chi connectivity index (χ3v) is 3.08. The Labute approximate surface area is 109 Å². The number of aryl methyl sites for hydroxylation is 1. The fraction of sp³-hybridized carbons (Fsp3) is 0.571. The van der Waals surface area contributed by atoms with Crippen molar-refractivity contribution in [3.8, 4) is 0 Å². The number of aliphatic hydroxyl groups excluding tert-OH is 1. The van der Waals surface area contributed by atoms with Gasteiger partial charge in [-0.25, -0.2) is 0 Å². The summed E-state index contributed by atoms with van der Waals surface area (Å²) in [7, 11) is 0. The highest BCUT2D eigenvalue weighted by molar-refractivity contribution is 6.31. The van der Waals surface area contributed by atoms with Gasteiger partial charge in [0.25, 0.3) is 0 Å². The predicted molar refractivity (Wildman–Crippen MR) is 73.5 cm³/mol. The summed E-state index contributed by atoms with van der Waals surface area (Å²) in [5, 5.41) is 14.4. The highest BCUT2D eigenvalue weighted by Crippen LogP contribution is 2.23. The normalized spacial score (nSPS) is 15.7. The van der Waals surface area contributed by atoms with E-state index >= 15 is 0 Å². The predicted octanol–water partition coefficient (Wildman–Crippen LogP) is 3.46. The van der Waals surface area contributed by atoms with Crippen molar-refractivity contribution in [2.45, 2.75) is 52.3 Å². The van der Waals surface area contributed by atoms with Crippen LogP contribution in [0.15, 0.2) is 18.2 Å². The molecule has 2 N–H and O–H groups in total. The van der Waals surface area contributed by atoms with E-state index in [-0.39, 0.29) is 11.6 Å². The Morgan fingerprint density at radius 3 is 2.35 bits per heavy atom. The first-order valence-corrected chi connectivity index (χ1v) is 6.30. The van der Waals surface area contributed by atoms with Gasteiger partial charge in [-0.1, -0.05) is 23.7 Å². The Morgan fingerprint density at radius 1 is 1.29 bits per heavy atom. The molecule has 3 heteroatoms.